The van der Waals surface area contributed by atoms with E-state index in [2.05, 4.69) is 10.2 Å². The van der Waals surface area contributed by atoms with Crippen molar-refractivity contribution in [1.82, 2.24) is 10.2 Å². The second-order valence-electron chi connectivity index (χ2n) is 8.88. The summed E-state index contributed by atoms with van der Waals surface area (Å²) in [5.74, 6) is -0.411. The summed E-state index contributed by atoms with van der Waals surface area (Å²) in [6.07, 6.45) is 2.51. The predicted octanol–water partition coefficient (Wildman–Crippen LogP) is 4.54. The first-order chi connectivity index (χ1) is 14.7. The number of allylic oxidation sites excluding steroid dienone is 1. The molecular weight excluding hydrogens is 405 g/mol. The summed E-state index contributed by atoms with van der Waals surface area (Å²) in [5.41, 5.74) is -1.43. The van der Waals surface area contributed by atoms with Crippen LogP contribution in [0.25, 0.3) is 0 Å². The Bertz CT molecular complexity index is 752. The number of alkyl halides is 3. The number of hydrogen-bond acceptors (Lipinski definition) is 3. The quantitative estimate of drug-likeness (QED) is 0.615. The summed E-state index contributed by atoms with van der Waals surface area (Å²) < 4.78 is 37.7. The van der Waals surface area contributed by atoms with Crippen LogP contribution in [-0.2, 0) is 10.4 Å². The number of aliphatic hydroxyl groups is 1. The van der Waals surface area contributed by atoms with Crippen LogP contribution >= 0.6 is 0 Å². The highest BCUT2D eigenvalue weighted by atomic mass is 19.4. The largest absolute Gasteiger partial charge is 0.412 e. The van der Waals surface area contributed by atoms with Crippen molar-refractivity contribution in [2.24, 2.45) is 5.92 Å². The number of likely N-dealkylation sites (tertiary alicyclic amines) is 1. The van der Waals surface area contributed by atoms with Crippen molar-refractivity contribution in [2.45, 2.75) is 69.7 Å². The minimum absolute atomic E-state index is 0.0344. The second kappa shape index (κ2) is 10.2. The number of carbonyl (C=O) groups is 1. The molecular formula is C24H33F3N2O2. The van der Waals surface area contributed by atoms with Crippen LogP contribution in [0.5, 0.6) is 0 Å². The van der Waals surface area contributed by atoms with E-state index in [1.165, 1.54) is 6.08 Å². The molecule has 1 aromatic rings. The average Bonchev–Trinajstić information content (AvgIpc) is 3.29. The predicted molar refractivity (Wildman–Crippen MR) is 114 cm³/mol. The maximum absolute atomic E-state index is 13.3. The van der Waals surface area contributed by atoms with Gasteiger partial charge in [-0.15, -0.1) is 0 Å². The Kier molecular flexibility index (Phi) is 7.81. The van der Waals surface area contributed by atoms with Crippen LogP contribution in [0.1, 0.15) is 57.4 Å². The van der Waals surface area contributed by atoms with Crippen LogP contribution in [-0.4, -0.2) is 47.8 Å². The number of amides is 1. The number of hydrogen-bond donors (Lipinski definition) is 2. The first kappa shape index (κ1) is 23.8. The summed E-state index contributed by atoms with van der Waals surface area (Å²) in [5, 5.41) is 14.6. The number of piperidine rings is 1. The van der Waals surface area contributed by atoms with Crippen LogP contribution in [0.4, 0.5) is 13.2 Å². The summed E-state index contributed by atoms with van der Waals surface area (Å²) in [7, 11) is 0. The lowest BCUT2D eigenvalue weighted by atomic mass is 9.79. The number of nitrogens with one attached hydrogen (secondary N) is 1. The van der Waals surface area contributed by atoms with Gasteiger partial charge in [0.05, 0.1) is 0 Å². The van der Waals surface area contributed by atoms with Gasteiger partial charge < -0.3 is 15.3 Å². The van der Waals surface area contributed by atoms with Crippen molar-refractivity contribution in [3.8, 4) is 0 Å². The molecule has 1 saturated heterocycles. The van der Waals surface area contributed by atoms with E-state index < -0.39 is 17.4 Å². The minimum atomic E-state index is -4.26. The standard InChI is InChI=1S/C24H33F3N2O2/c1-18(24(25,26)27)8-7-15-29-16-13-21(14-17-29)28-22(30)23(31,20-11-5-6-12-20)19-9-3-2-4-10-19/h2-4,8-10,20-21,31H,5-7,11-17H2,1H3,(H,28,30). The summed E-state index contributed by atoms with van der Waals surface area (Å²) in [6.45, 7) is 3.11. The molecule has 2 aliphatic rings. The number of carbonyl (C=O) groups excluding carboxylic acids is 1. The highest BCUT2D eigenvalue weighted by molar-refractivity contribution is 5.87. The lowest BCUT2D eigenvalue weighted by Crippen LogP contribution is -2.54. The first-order valence-corrected chi connectivity index (χ1v) is 11.3. The zero-order valence-electron chi connectivity index (χ0n) is 18.1. The van der Waals surface area contributed by atoms with Gasteiger partial charge in [0.2, 0.25) is 0 Å². The van der Waals surface area contributed by atoms with Gasteiger partial charge in [-0.05, 0) is 44.6 Å². The van der Waals surface area contributed by atoms with Gasteiger partial charge in [-0.2, -0.15) is 13.2 Å². The van der Waals surface area contributed by atoms with E-state index in [-0.39, 0.29) is 17.9 Å². The van der Waals surface area contributed by atoms with Crippen LogP contribution < -0.4 is 5.32 Å². The molecule has 0 aromatic heterocycles. The molecule has 4 nitrogen and oxygen atoms in total. The summed E-state index contributed by atoms with van der Waals surface area (Å²) in [6, 6.07) is 9.16. The van der Waals surface area contributed by atoms with Crippen molar-refractivity contribution in [2.75, 3.05) is 19.6 Å². The molecule has 1 aliphatic heterocycles. The molecule has 31 heavy (non-hydrogen) atoms. The Morgan fingerprint density at radius 2 is 1.74 bits per heavy atom. The molecule has 0 spiro atoms. The van der Waals surface area contributed by atoms with Gasteiger partial charge in [0.15, 0.2) is 5.60 Å². The Labute approximate surface area is 182 Å². The monoisotopic (exact) mass is 438 g/mol. The SMILES string of the molecule is CC(=CCCN1CCC(NC(=O)C(O)(c2ccccc2)C2CCCC2)CC1)C(F)(F)F. The molecule has 172 valence electrons. The van der Waals surface area contributed by atoms with E-state index in [1.54, 1.807) is 0 Å². The van der Waals surface area contributed by atoms with Crippen molar-refractivity contribution >= 4 is 5.91 Å². The minimum Gasteiger partial charge on any atom is -0.375 e. The zero-order chi connectivity index (χ0) is 22.5. The van der Waals surface area contributed by atoms with Gasteiger partial charge in [-0.25, -0.2) is 0 Å². The van der Waals surface area contributed by atoms with Crippen molar-refractivity contribution < 1.29 is 23.1 Å². The lowest BCUT2D eigenvalue weighted by Gasteiger charge is -2.37. The number of benzene rings is 1. The number of nitrogens with zero attached hydrogens (tertiary/aromatic N) is 1. The molecule has 1 amide bonds. The molecule has 1 atom stereocenters. The van der Waals surface area contributed by atoms with E-state index in [9.17, 15) is 23.1 Å². The Morgan fingerprint density at radius 3 is 2.32 bits per heavy atom. The molecule has 2 fully saturated rings. The fourth-order valence-electron chi connectivity index (χ4n) is 4.76. The number of halogens is 3. The van der Waals surface area contributed by atoms with Crippen LogP contribution in [0, 0.1) is 5.92 Å². The average molecular weight is 439 g/mol. The van der Waals surface area contributed by atoms with Crippen molar-refractivity contribution in [1.29, 1.82) is 0 Å². The number of rotatable bonds is 7. The van der Waals surface area contributed by atoms with Gasteiger partial charge in [-0.3, -0.25) is 4.79 Å². The molecule has 3 rings (SSSR count). The summed E-state index contributed by atoms with van der Waals surface area (Å²) >= 11 is 0. The molecule has 7 heteroatoms. The molecule has 1 aliphatic carbocycles. The van der Waals surface area contributed by atoms with Crippen molar-refractivity contribution in [3.05, 3.63) is 47.5 Å². The van der Waals surface area contributed by atoms with Crippen LogP contribution in [0.15, 0.2) is 42.0 Å². The topological polar surface area (TPSA) is 52.6 Å². The molecule has 1 saturated carbocycles. The molecule has 0 radical (unpaired) electrons. The van der Waals surface area contributed by atoms with E-state index in [0.29, 0.717) is 18.5 Å². The third-order valence-corrected chi connectivity index (χ3v) is 6.77. The third kappa shape index (κ3) is 5.89. The maximum Gasteiger partial charge on any atom is 0.412 e. The highest BCUT2D eigenvalue weighted by Gasteiger charge is 2.46. The first-order valence-electron chi connectivity index (χ1n) is 11.3. The Hall–Kier alpha value is -1.86. The Balaban J connectivity index is 1.55. The van der Waals surface area contributed by atoms with E-state index in [0.717, 1.165) is 58.5 Å². The lowest BCUT2D eigenvalue weighted by molar-refractivity contribution is -0.148. The van der Waals surface area contributed by atoms with Crippen LogP contribution in [0.2, 0.25) is 0 Å². The van der Waals surface area contributed by atoms with Crippen molar-refractivity contribution in [3.63, 3.8) is 0 Å². The zero-order valence-corrected chi connectivity index (χ0v) is 18.1. The molecule has 1 heterocycles. The van der Waals surface area contributed by atoms with Gasteiger partial charge >= 0.3 is 6.18 Å². The second-order valence-corrected chi connectivity index (χ2v) is 8.88. The molecule has 2 N–H and O–H groups in total. The fourth-order valence-corrected chi connectivity index (χ4v) is 4.76. The molecule has 1 unspecified atom stereocenters. The molecule has 0 bridgehead atoms. The van der Waals surface area contributed by atoms with E-state index in [4.69, 9.17) is 0 Å². The van der Waals surface area contributed by atoms with Gasteiger partial charge in [0.1, 0.15) is 0 Å². The van der Waals surface area contributed by atoms with Crippen LogP contribution in [0.3, 0.4) is 0 Å². The van der Waals surface area contributed by atoms with E-state index >= 15 is 0 Å². The van der Waals surface area contributed by atoms with E-state index in [1.807, 2.05) is 30.3 Å². The normalized spacial score (nSPS) is 21.8. The fraction of sp³-hybridized carbons (Fsp3) is 0.625. The third-order valence-electron chi connectivity index (χ3n) is 6.77. The molecule has 1 aromatic carbocycles. The van der Waals surface area contributed by atoms with Gasteiger partial charge in [0, 0.05) is 37.2 Å². The highest BCUT2D eigenvalue weighted by Crippen LogP contribution is 2.41. The van der Waals surface area contributed by atoms with Gasteiger partial charge in [0.25, 0.3) is 5.91 Å². The smallest absolute Gasteiger partial charge is 0.375 e. The Morgan fingerprint density at radius 1 is 1.13 bits per heavy atom. The summed E-state index contributed by atoms with van der Waals surface area (Å²) in [4.78, 5) is 15.4. The maximum atomic E-state index is 13.3. The van der Waals surface area contributed by atoms with Gasteiger partial charge in [-0.1, -0.05) is 49.2 Å².